The number of fused-ring (bicyclic) bond motifs is 3. The van der Waals surface area contributed by atoms with Crippen LogP contribution < -0.4 is 11.1 Å². The monoisotopic (exact) mass is 607 g/mol. The predicted octanol–water partition coefficient (Wildman–Crippen LogP) is 1.83. The highest BCUT2D eigenvalue weighted by atomic mass is 16.6. The Hall–Kier alpha value is -4.72. The summed E-state index contributed by atoms with van der Waals surface area (Å²) in [7, 11) is 4.58. The molecule has 0 spiro atoms. The highest BCUT2D eigenvalue weighted by Gasteiger charge is 2.64. The molecule has 13 nitrogen and oxygen atoms in total. The van der Waals surface area contributed by atoms with E-state index < -0.39 is 64.1 Å². The Labute approximate surface area is 252 Å². The zero-order valence-electron chi connectivity index (χ0n) is 24.3. The quantitative estimate of drug-likeness (QED) is 0.198. The fraction of sp³-hybridized carbons (Fsp3) is 0.355. The lowest BCUT2D eigenvalue weighted by Crippen LogP contribution is -2.65. The lowest BCUT2D eigenvalue weighted by molar-refractivity contribution is -0.153. The fourth-order valence-corrected chi connectivity index (χ4v) is 6.62. The number of methoxy groups -OCH3 is 1. The highest BCUT2D eigenvalue weighted by molar-refractivity contribution is 6.24. The van der Waals surface area contributed by atoms with Gasteiger partial charge in [-0.1, -0.05) is 18.2 Å². The summed E-state index contributed by atoms with van der Waals surface area (Å²) in [6, 6.07) is 8.62. The summed E-state index contributed by atoms with van der Waals surface area (Å²) in [5.41, 5.74) is 3.86. The minimum absolute atomic E-state index is 0.0114. The summed E-state index contributed by atoms with van der Waals surface area (Å²) in [6.45, 7) is 0.346. The minimum atomic E-state index is -2.70. The van der Waals surface area contributed by atoms with Gasteiger partial charge in [-0.2, -0.15) is 0 Å². The van der Waals surface area contributed by atoms with Crippen LogP contribution in [0.25, 0.3) is 16.9 Å². The number of primary amides is 1. The fourth-order valence-electron chi connectivity index (χ4n) is 6.62. The first-order valence-electron chi connectivity index (χ1n) is 13.9. The standard InChI is InChI=1S/C31H33N3O10/c1-34(2)24-19-13-15-12-18-17(14-4-6-16(7-5-14)33-30(41)44-11-10-43-3)8-9-20(35)22(18)25(36)21(15)27(38)31(19,42)28(39)23(26(24)37)29(32)40/h4-9,15,19,24,35-36,39,42H,10-13H2,1-3H3,(H2,32,40)(H,33,41). The van der Waals surface area contributed by atoms with E-state index in [-0.39, 0.29) is 42.9 Å². The van der Waals surface area contributed by atoms with Crippen LogP contribution in [-0.4, -0.2) is 95.0 Å². The van der Waals surface area contributed by atoms with E-state index in [4.69, 9.17) is 15.2 Å². The van der Waals surface area contributed by atoms with Crippen LogP contribution in [0, 0.1) is 11.8 Å². The number of Topliss-reactive ketones (excluding diaryl/α,β-unsaturated/α-hetero) is 2. The summed E-state index contributed by atoms with van der Waals surface area (Å²) < 4.78 is 9.87. The van der Waals surface area contributed by atoms with E-state index in [1.54, 1.807) is 44.4 Å². The summed E-state index contributed by atoms with van der Waals surface area (Å²) in [5, 5.41) is 47.6. The third-order valence-electron chi connectivity index (χ3n) is 8.57. The van der Waals surface area contributed by atoms with E-state index in [0.717, 1.165) is 0 Å². The number of nitrogens with two attached hydrogens (primary N) is 1. The van der Waals surface area contributed by atoms with Gasteiger partial charge in [-0.25, -0.2) is 4.79 Å². The SMILES string of the molecule is COCCOC(=O)Nc1ccc(-c2ccc(O)c3c2CC2CC4C(N(C)C)C(=O)C(C(N)=O)=C(O)C4(O)C(=O)C2=C3O)cc1. The number of likely N-dealkylation sites (N-methyl/N-ethyl adjacent to an activating group) is 1. The van der Waals surface area contributed by atoms with Crippen molar-refractivity contribution in [2.45, 2.75) is 24.5 Å². The molecule has 0 heterocycles. The van der Waals surface area contributed by atoms with Crippen molar-refractivity contribution in [3.8, 4) is 16.9 Å². The number of aromatic hydroxyl groups is 1. The summed E-state index contributed by atoms with van der Waals surface area (Å²) in [5.74, 6) is -7.08. The minimum Gasteiger partial charge on any atom is -0.508 e. The number of carbonyl (C=O) groups is 4. The van der Waals surface area contributed by atoms with Crippen LogP contribution in [-0.2, 0) is 30.3 Å². The molecule has 1 saturated carbocycles. The maximum absolute atomic E-state index is 14.0. The van der Waals surface area contributed by atoms with Gasteiger partial charge in [0.05, 0.1) is 18.2 Å². The Morgan fingerprint density at radius 1 is 1.07 bits per heavy atom. The molecular formula is C31H33N3O10. The van der Waals surface area contributed by atoms with Crippen LogP contribution in [0.4, 0.5) is 10.5 Å². The Bertz CT molecular complexity index is 1630. The number of nitrogens with zero attached hydrogens (tertiary/aromatic N) is 1. The number of ether oxygens (including phenoxy) is 2. The molecule has 5 rings (SSSR count). The average molecular weight is 608 g/mol. The lowest BCUT2D eigenvalue weighted by Gasteiger charge is -2.50. The molecule has 4 unspecified atom stereocenters. The molecule has 44 heavy (non-hydrogen) atoms. The molecule has 0 aromatic heterocycles. The van der Waals surface area contributed by atoms with Crippen LogP contribution in [0.3, 0.4) is 0 Å². The second-order valence-corrected chi connectivity index (χ2v) is 11.3. The van der Waals surface area contributed by atoms with Crippen molar-refractivity contribution < 1.29 is 49.1 Å². The van der Waals surface area contributed by atoms with Gasteiger partial charge in [0.15, 0.2) is 11.4 Å². The number of phenols is 1. The van der Waals surface area contributed by atoms with E-state index >= 15 is 0 Å². The number of hydrogen-bond acceptors (Lipinski definition) is 11. The number of hydrogen-bond donors (Lipinski definition) is 6. The normalized spacial score (nSPS) is 24.5. The molecular weight excluding hydrogens is 574 g/mol. The van der Waals surface area contributed by atoms with E-state index in [1.165, 1.54) is 18.1 Å². The van der Waals surface area contributed by atoms with Crippen molar-refractivity contribution in [1.82, 2.24) is 4.90 Å². The van der Waals surface area contributed by atoms with Crippen molar-refractivity contribution in [2.24, 2.45) is 17.6 Å². The summed E-state index contributed by atoms with van der Waals surface area (Å²) in [4.78, 5) is 52.8. The Balaban J connectivity index is 1.56. The van der Waals surface area contributed by atoms with E-state index in [9.17, 15) is 39.6 Å². The lowest BCUT2D eigenvalue weighted by atomic mass is 9.57. The zero-order chi connectivity index (χ0) is 32.1. The van der Waals surface area contributed by atoms with Gasteiger partial charge < -0.3 is 35.6 Å². The van der Waals surface area contributed by atoms with Gasteiger partial charge in [-0.05, 0) is 67.7 Å². The number of amides is 2. The van der Waals surface area contributed by atoms with Crippen LogP contribution >= 0.6 is 0 Å². The van der Waals surface area contributed by atoms with Gasteiger partial charge >= 0.3 is 6.09 Å². The number of ketones is 2. The summed E-state index contributed by atoms with van der Waals surface area (Å²) >= 11 is 0. The average Bonchev–Trinajstić information content (AvgIpc) is 2.95. The maximum atomic E-state index is 14.0. The number of nitrogens with one attached hydrogen (secondary N) is 1. The number of benzene rings is 2. The van der Waals surface area contributed by atoms with E-state index in [1.807, 2.05) is 0 Å². The molecule has 13 heteroatoms. The van der Waals surface area contributed by atoms with Gasteiger partial charge in [-0.15, -0.1) is 0 Å². The largest absolute Gasteiger partial charge is 0.508 e. The molecule has 232 valence electrons. The third-order valence-corrected chi connectivity index (χ3v) is 8.57. The molecule has 0 bridgehead atoms. The second kappa shape index (κ2) is 11.4. The van der Waals surface area contributed by atoms with Crippen LogP contribution in [0.2, 0.25) is 0 Å². The van der Waals surface area contributed by atoms with Gasteiger partial charge in [0.1, 0.15) is 29.4 Å². The molecule has 2 aromatic carbocycles. The van der Waals surface area contributed by atoms with Crippen molar-refractivity contribution in [1.29, 1.82) is 0 Å². The molecule has 1 fully saturated rings. The number of phenolic OH excluding ortho intramolecular Hbond substituents is 1. The van der Waals surface area contributed by atoms with Crippen molar-refractivity contribution in [3.05, 3.63) is 64.4 Å². The summed E-state index contributed by atoms with van der Waals surface area (Å²) in [6.07, 6.45) is -0.527. The van der Waals surface area contributed by atoms with Crippen LogP contribution in [0.1, 0.15) is 17.5 Å². The Morgan fingerprint density at radius 3 is 2.36 bits per heavy atom. The highest BCUT2D eigenvalue weighted by Crippen LogP contribution is 2.53. The van der Waals surface area contributed by atoms with Gasteiger partial charge in [0, 0.05) is 24.3 Å². The molecule has 0 aliphatic heterocycles. The van der Waals surface area contributed by atoms with Gasteiger partial charge in [0.25, 0.3) is 5.91 Å². The molecule has 3 aliphatic carbocycles. The molecule has 0 saturated heterocycles. The first kappa shape index (κ1) is 30.7. The Morgan fingerprint density at radius 2 is 1.75 bits per heavy atom. The first-order valence-corrected chi connectivity index (χ1v) is 13.9. The van der Waals surface area contributed by atoms with Gasteiger partial charge in [-0.3, -0.25) is 24.6 Å². The molecule has 3 aliphatic rings. The van der Waals surface area contributed by atoms with E-state index in [0.29, 0.717) is 22.4 Å². The zero-order valence-corrected chi connectivity index (χ0v) is 24.3. The van der Waals surface area contributed by atoms with Crippen molar-refractivity contribution in [2.75, 3.05) is 39.7 Å². The van der Waals surface area contributed by atoms with Gasteiger partial charge in [0.2, 0.25) is 5.78 Å². The molecule has 2 amide bonds. The number of rotatable bonds is 7. The number of anilines is 1. The number of aliphatic hydroxyl groups is 3. The maximum Gasteiger partial charge on any atom is 0.411 e. The van der Waals surface area contributed by atoms with Crippen molar-refractivity contribution >= 4 is 35.0 Å². The molecule has 0 radical (unpaired) electrons. The predicted molar refractivity (Wildman–Crippen MR) is 157 cm³/mol. The Kier molecular flexibility index (Phi) is 7.97. The smallest absolute Gasteiger partial charge is 0.411 e. The number of carbonyl (C=O) groups excluding carboxylic acids is 4. The number of aliphatic hydroxyl groups excluding tert-OH is 2. The molecule has 7 N–H and O–H groups in total. The molecule has 4 atom stereocenters. The van der Waals surface area contributed by atoms with Crippen LogP contribution in [0.15, 0.2) is 53.3 Å². The molecule has 2 aromatic rings. The van der Waals surface area contributed by atoms with Crippen LogP contribution in [0.5, 0.6) is 5.75 Å². The van der Waals surface area contributed by atoms with E-state index in [2.05, 4.69) is 5.32 Å². The topological polar surface area (TPSA) is 209 Å². The second-order valence-electron chi connectivity index (χ2n) is 11.3. The third kappa shape index (κ3) is 4.78. The first-order chi connectivity index (χ1) is 20.8. The van der Waals surface area contributed by atoms with Crippen molar-refractivity contribution in [3.63, 3.8) is 0 Å².